The maximum atomic E-state index is 9.32. The second kappa shape index (κ2) is 4.20. The van der Waals surface area contributed by atoms with Gasteiger partial charge in [-0.15, -0.1) is 11.6 Å². The normalized spacial score (nSPS) is 35.4. The molecule has 1 aromatic carbocycles. The Labute approximate surface area is 108 Å². The van der Waals surface area contributed by atoms with Crippen LogP contribution < -0.4 is 0 Å². The Morgan fingerprint density at radius 2 is 2.00 bits per heavy atom. The van der Waals surface area contributed by atoms with E-state index in [9.17, 15) is 5.11 Å². The SMILES string of the molecule is Oc1ccc(CC2(CCl)CC3CCC2C3)cc1. The van der Waals surface area contributed by atoms with Gasteiger partial charge in [-0.05, 0) is 60.6 Å². The summed E-state index contributed by atoms with van der Waals surface area (Å²) in [6.07, 6.45) is 6.57. The van der Waals surface area contributed by atoms with Gasteiger partial charge in [0.25, 0.3) is 0 Å². The summed E-state index contributed by atoms with van der Waals surface area (Å²) in [5.74, 6) is 2.89. The van der Waals surface area contributed by atoms with Gasteiger partial charge in [-0.3, -0.25) is 0 Å². The standard InChI is InChI=1S/C15H19ClO/c16-10-15(9-12-1-4-13(15)7-12)8-11-2-5-14(17)6-3-11/h2-3,5-6,12-13,17H,1,4,7-10H2. The third-order valence-electron chi connectivity index (χ3n) is 4.86. The number of hydrogen-bond acceptors (Lipinski definition) is 1. The largest absolute Gasteiger partial charge is 0.508 e. The smallest absolute Gasteiger partial charge is 0.115 e. The highest BCUT2D eigenvalue weighted by molar-refractivity contribution is 6.18. The molecular formula is C15H19ClO. The molecule has 2 aliphatic rings. The Morgan fingerprint density at radius 3 is 2.53 bits per heavy atom. The van der Waals surface area contributed by atoms with Crippen LogP contribution in [0.15, 0.2) is 24.3 Å². The van der Waals surface area contributed by atoms with Crippen LogP contribution >= 0.6 is 11.6 Å². The van der Waals surface area contributed by atoms with Crippen LogP contribution in [0.1, 0.15) is 31.2 Å². The van der Waals surface area contributed by atoms with E-state index in [0.717, 1.165) is 24.1 Å². The van der Waals surface area contributed by atoms with Crippen LogP contribution in [-0.4, -0.2) is 11.0 Å². The third-order valence-corrected chi connectivity index (χ3v) is 5.39. The number of aromatic hydroxyl groups is 1. The first kappa shape index (κ1) is 11.4. The van der Waals surface area contributed by atoms with Gasteiger partial charge in [0, 0.05) is 5.88 Å². The Balaban J connectivity index is 1.80. The van der Waals surface area contributed by atoms with Crippen LogP contribution in [0.3, 0.4) is 0 Å². The van der Waals surface area contributed by atoms with Crippen LogP contribution in [0.5, 0.6) is 5.75 Å². The molecule has 2 aliphatic carbocycles. The quantitative estimate of drug-likeness (QED) is 0.805. The zero-order valence-electron chi connectivity index (χ0n) is 10.0. The molecule has 0 heterocycles. The van der Waals surface area contributed by atoms with E-state index in [2.05, 4.69) is 0 Å². The number of phenolic OH excluding ortho intramolecular Hbond substituents is 1. The predicted octanol–water partition coefficient (Wildman–Crippen LogP) is 3.98. The fourth-order valence-electron chi connectivity index (χ4n) is 4.01. The molecule has 0 aliphatic heterocycles. The minimum atomic E-state index is 0.335. The molecule has 0 spiro atoms. The van der Waals surface area contributed by atoms with E-state index in [-0.39, 0.29) is 0 Å². The van der Waals surface area contributed by atoms with Crippen LogP contribution in [0, 0.1) is 17.3 Å². The average molecular weight is 251 g/mol. The minimum Gasteiger partial charge on any atom is -0.508 e. The summed E-state index contributed by atoms with van der Waals surface area (Å²) in [7, 11) is 0. The summed E-state index contributed by atoms with van der Waals surface area (Å²) in [5, 5.41) is 9.32. The van der Waals surface area contributed by atoms with E-state index in [0.29, 0.717) is 11.2 Å². The molecule has 2 saturated carbocycles. The van der Waals surface area contributed by atoms with E-state index >= 15 is 0 Å². The highest BCUT2D eigenvalue weighted by Gasteiger charge is 2.50. The highest BCUT2D eigenvalue weighted by Crippen LogP contribution is 2.57. The zero-order valence-corrected chi connectivity index (χ0v) is 10.8. The number of alkyl halides is 1. The molecule has 3 unspecified atom stereocenters. The lowest BCUT2D eigenvalue weighted by molar-refractivity contribution is 0.193. The lowest BCUT2D eigenvalue weighted by Crippen LogP contribution is -2.32. The topological polar surface area (TPSA) is 20.2 Å². The van der Waals surface area contributed by atoms with E-state index in [1.54, 1.807) is 12.1 Å². The van der Waals surface area contributed by atoms with Gasteiger partial charge in [0.2, 0.25) is 0 Å². The van der Waals surface area contributed by atoms with Crippen molar-refractivity contribution in [3.63, 3.8) is 0 Å². The third kappa shape index (κ3) is 1.95. The predicted molar refractivity (Wildman–Crippen MR) is 70.4 cm³/mol. The number of phenols is 1. The molecule has 92 valence electrons. The van der Waals surface area contributed by atoms with Crippen molar-refractivity contribution < 1.29 is 5.11 Å². The molecule has 2 heteroatoms. The van der Waals surface area contributed by atoms with Crippen molar-refractivity contribution in [2.45, 2.75) is 32.1 Å². The molecule has 2 fully saturated rings. The summed E-state index contributed by atoms with van der Waals surface area (Å²) in [5.41, 5.74) is 1.65. The number of hydrogen-bond donors (Lipinski definition) is 1. The molecular weight excluding hydrogens is 232 g/mol. The fourth-order valence-corrected chi connectivity index (χ4v) is 4.43. The number of rotatable bonds is 3. The van der Waals surface area contributed by atoms with Crippen molar-refractivity contribution in [3.8, 4) is 5.75 Å². The molecule has 17 heavy (non-hydrogen) atoms. The Kier molecular flexibility index (Phi) is 2.82. The van der Waals surface area contributed by atoms with Gasteiger partial charge in [0.15, 0.2) is 0 Å². The molecule has 0 aromatic heterocycles. The van der Waals surface area contributed by atoms with Gasteiger partial charge in [-0.1, -0.05) is 18.6 Å². The molecule has 3 rings (SSSR count). The van der Waals surface area contributed by atoms with Crippen molar-refractivity contribution in [1.82, 2.24) is 0 Å². The van der Waals surface area contributed by atoms with Crippen molar-refractivity contribution in [3.05, 3.63) is 29.8 Å². The van der Waals surface area contributed by atoms with E-state index in [1.807, 2.05) is 12.1 Å². The van der Waals surface area contributed by atoms with Gasteiger partial charge in [-0.2, -0.15) is 0 Å². The van der Waals surface area contributed by atoms with Gasteiger partial charge >= 0.3 is 0 Å². The summed E-state index contributed by atoms with van der Waals surface area (Å²) in [4.78, 5) is 0. The molecule has 3 atom stereocenters. The number of benzene rings is 1. The minimum absolute atomic E-state index is 0.335. The average Bonchev–Trinajstić information content (AvgIpc) is 2.93. The molecule has 0 saturated heterocycles. The first-order valence-electron chi connectivity index (χ1n) is 6.56. The lowest BCUT2D eigenvalue weighted by atomic mass is 9.71. The van der Waals surface area contributed by atoms with Crippen molar-refractivity contribution in [2.75, 3.05) is 5.88 Å². The molecule has 2 bridgehead atoms. The maximum absolute atomic E-state index is 9.32. The second-order valence-electron chi connectivity index (χ2n) is 5.92. The molecule has 0 amide bonds. The van der Waals surface area contributed by atoms with Crippen molar-refractivity contribution >= 4 is 11.6 Å². The molecule has 1 aromatic rings. The fraction of sp³-hybridized carbons (Fsp3) is 0.600. The Hall–Kier alpha value is -0.690. The van der Waals surface area contributed by atoms with E-state index in [1.165, 1.54) is 31.2 Å². The van der Waals surface area contributed by atoms with Crippen molar-refractivity contribution in [1.29, 1.82) is 0 Å². The van der Waals surface area contributed by atoms with Crippen LogP contribution in [0.25, 0.3) is 0 Å². The first-order chi connectivity index (χ1) is 8.22. The number of halogens is 1. The summed E-state index contributed by atoms with van der Waals surface area (Å²) in [6, 6.07) is 7.64. The lowest BCUT2D eigenvalue weighted by Gasteiger charge is -2.36. The van der Waals surface area contributed by atoms with Crippen molar-refractivity contribution in [2.24, 2.45) is 17.3 Å². The first-order valence-corrected chi connectivity index (χ1v) is 7.09. The Morgan fingerprint density at radius 1 is 1.24 bits per heavy atom. The van der Waals surface area contributed by atoms with Gasteiger partial charge in [-0.25, -0.2) is 0 Å². The van der Waals surface area contributed by atoms with Gasteiger partial charge < -0.3 is 5.11 Å². The Bertz CT molecular complexity index is 400. The van der Waals surface area contributed by atoms with E-state index in [4.69, 9.17) is 11.6 Å². The zero-order chi connectivity index (χ0) is 11.9. The van der Waals surface area contributed by atoms with Gasteiger partial charge in [0.05, 0.1) is 0 Å². The second-order valence-corrected chi connectivity index (χ2v) is 6.19. The van der Waals surface area contributed by atoms with Crippen LogP contribution in [0.4, 0.5) is 0 Å². The summed E-state index contributed by atoms with van der Waals surface area (Å²) >= 11 is 6.29. The monoisotopic (exact) mass is 250 g/mol. The van der Waals surface area contributed by atoms with Crippen LogP contribution in [0.2, 0.25) is 0 Å². The van der Waals surface area contributed by atoms with E-state index < -0.39 is 0 Å². The highest BCUT2D eigenvalue weighted by atomic mass is 35.5. The molecule has 1 nitrogen and oxygen atoms in total. The molecule has 1 N–H and O–H groups in total. The number of fused-ring (bicyclic) bond motifs is 2. The maximum Gasteiger partial charge on any atom is 0.115 e. The van der Waals surface area contributed by atoms with Gasteiger partial charge in [0.1, 0.15) is 5.75 Å². The molecule has 0 radical (unpaired) electrons. The summed E-state index contributed by atoms with van der Waals surface area (Å²) < 4.78 is 0. The summed E-state index contributed by atoms with van der Waals surface area (Å²) in [6.45, 7) is 0. The van der Waals surface area contributed by atoms with Crippen LogP contribution in [-0.2, 0) is 6.42 Å².